The minimum atomic E-state index is -3.86. The zero-order valence-electron chi connectivity index (χ0n) is 11.2. The second-order valence-corrected chi connectivity index (χ2v) is 5.99. The fraction of sp³-hybridized carbons (Fsp3) is 0.417. The molecule has 106 valence electrons. The van der Waals surface area contributed by atoms with Crippen molar-refractivity contribution in [2.45, 2.75) is 31.7 Å². The third-order valence-corrected chi connectivity index (χ3v) is 4.17. The van der Waals surface area contributed by atoms with E-state index in [2.05, 4.69) is 4.72 Å². The summed E-state index contributed by atoms with van der Waals surface area (Å²) in [5.41, 5.74) is 1.34. The van der Waals surface area contributed by atoms with Crippen LogP contribution in [-0.2, 0) is 14.8 Å². The number of benzene rings is 1. The van der Waals surface area contributed by atoms with Crippen LogP contribution >= 0.6 is 0 Å². The highest BCUT2D eigenvalue weighted by atomic mass is 32.2. The Hall–Kier alpha value is -1.60. The van der Waals surface area contributed by atoms with Gasteiger partial charge < -0.3 is 9.84 Å². The van der Waals surface area contributed by atoms with E-state index in [9.17, 15) is 13.2 Å². The van der Waals surface area contributed by atoms with E-state index in [0.717, 1.165) is 0 Å². The van der Waals surface area contributed by atoms with Crippen LogP contribution in [0.3, 0.4) is 0 Å². The Labute approximate surface area is 112 Å². The number of nitrogens with one attached hydrogen (secondary N) is 1. The topological polar surface area (TPSA) is 92.7 Å². The summed E-state index contributed by atoms with van der Waals surface area (Å²) < 4.78 is 31.3. The maximum atomic E-state index is 12.0. The Bertz CT molecular complexity index is 571. The summed E-state index contributed by atoms with van der Waals surface area (Å²) in [7, 11) is -2.35. The highest BCUT2D eigenvalue weighted by molar-refractivity contribution is 7.89. The molecule has 0 radical (unpaired) electrons. The molecule has 0 saturated heterocycles. The van der Waals surface area contributed by atoms with Crippen molar-refractivity contribution in [3.05, 3.63) is 23.3 Å². The van der Waals surface area contributed by atoms with Crippen LogP contribution in [-0.4, -0.2) is 32.6 Å². The highest BCUT2D eigenvalue weighted by Crippen LogP contribution is 2.26. The second kappa shape index (κ2) is 5.58. The molecule has 1 aromatic rings. The standard InChI is InChI=1S/C12H17NO5S/c1-7-5-10(6-8(2)11(7)18-4)19(16,17)13-9(3)12(14)15/h5-6,9,13H,1-4H3,(H,14,15)/t9-/m0/s1. The van der Waals surface area contributed by atoms with Gasteiger partial charge in [0.1, 0.15) is 11.8 Å². The first-order valence-electron chi connectivity index (χ1n) is 5.59. The van der Waals surface area contributed by atoms with Crippen molar-refractivity contribution in [2.24, 2.45) is 0 Å². The number of hydrogen-bond donors (Lipinski definition) is 2. The molecule has 1 atom stereocenters. The maximum absolute atomic E-state index is 12.0. The average Bonchev–Trinajstić information content (AvgIpc) is 2.27. The molecule has 0 aromatic heterocycles. The predicted octanol–water partition coefficient (Wildman–Crippen LogP) is 1.06. The Balaban J connectivity index is 3.20. The van der Waals surface area contributed by atoms with E-state index in [1.165, 1.54) is 26.2 Å². The SMILES string of the molecule is COc1c(C)cc(S(=O)(=O)N[C@@H](C)C(=O)O)cc1C. The molecule has 0 amide bonds. The van der Waals surface area contributed by atoms with E-state index in [1.54, 1.807) is 13.8 Å². The van der Waals surface area contributed by atoms with E-state index >= 15 is 0 Å². The minimum Gasteiger partial charge on any atom is -0.496 e. The molecule has 0 aliphatic rings. The van der Waals surface area contributed by atoms with Crippen molar-refractivity contribution in [1.29, 1.82) is 0 Å². The molecule has 1 aromatic carbocycles. The number of aryl methyl sites for hydroxylation is 2. The van der Waals surface area contributed by atoms with Crippen LogP contribution in [0.2, 0.25) is 0 Å². The van der Waals surface area contributed by atoms with Crippen LogP contribution in [0.15, 0.2) is 17.0 Å². The molecule has 19 heavy (non-hydrogen) atoms. The van der Waals surface area contributed by atoms with Crippen LogP contribution < -0.4 is 9.46 Å². The largest absolute Gasteiger partial charge is 0.496 e. The smallest absolute Gasteiger partial charge is 0.321 e. The highest BCUT2D eigenvalue weighted by Gasteiger charge is 2.22. The minimum absolute atomic E-state index is 0.0244. The Morgan fingerprint density at radius 3 is 2.16 bits per heavy atom. The number of sulfonamides is 1. The summed E-state index contributed by atoms with van der Waals surface area (Å²) in [5, 5.41) is 8.74. The fourth-order valence-corrected chi connectivity index (χ4v) is 3.11. The summed E-state index contributed by atoms with van der Waals surface area (Å²) >= 11 is 0. The zero-order chi connectivity index (χ0) is 14.8. The van der Waals surface area contributed by atoms with Gasteiger partial charge >= 0.3 is 5.97 Å². The molecule has 0 aliphatic carbocycles. The van der Waals surface area contributed by atoms with Gasteiger partial charge in [0.2, 0.25) is 10.0 Å². The molecule has 0 spiro atoms. The molecule has 1 rings (SSSR count). The third-order valence-electron chi connectivity index (χ3n) is 2.65. The fourth-order valence-electron chi connectivity index (χ4n) is 1.74. The van der Waals surface area contributed by atoms with Gasteiger partial charge in [-0.25, -0.2) is 8.42 Å². The van der Waals surface area contributed by atoms with Crippen LogP contribution in [0, 0.1) is 13.8 Å². The Morgan fingerprint density at radius 2 is 1.79 bits per heavy atom. The first-order chi connectivity index (χ1) is 8.69. The van der Waals surface area contributed by atoms with E-state index in [4.69, 9.17) is 9.84 Å². The summed E-state index contributed by atoms with van der Waals surface area (Å²) in [6.45, 7) is 4.72. The molecule has 6 nitrogen and oxygen atoms in total. The number of carbonyl (C=O) groups is 1. The van der Waals surface area contributed by atoms with E-state index in [0.29, 0.717) is 16.9 Å². The summed E-state index contributed by atoms with van der Waals surface area (Å²) in [6, 6.07) is 1.71. The van der Waals surface area contributed by atoms with Crippen LogP contribution in [0.1, 0.15) is 18.1 Å². The summed E-state index contributed by atoms with van der Waals surface area (Å²) in [5.74, 6) is -0.615. The first-order valence-corrected chi connectivity index (χ1v) is 7.07. The lowest BCUT2D eigenvalue weighted by Gasteiger charge is -2.14. The number of hydrogen-bond acceptors (Lipinski definition) is 4. The summed E-state index contributed by atoms with van der Waals surface area (Å²) in [6.07, 6.45) is 0. The molecule has 0 aliphatic heterocycles. The lowest BCUT2D eigenvalue weighted by molar-refractivity contribution is -0.138. The predicted molar refractivity (Wildman–Crippen MR) is 69.9 cm³/mol. The second-order valence-electron chi connectivity index (χ2n) is 4.27. The van der Waals surface area contributed by atoms with Crippen LogP contribution in [0.5, 0.6) is 5.75 Å². The van der Waals surface area contributed by atoms with E-state index in [-0.39, 0.29) is 4.90 Å². The number of rotatable bonds is 5. The maximum Gasteiger partial charge on any atom is 0.321 e. The van der Waals surface area contributed by atoms with E-state index in [1.807, 2.05) is 0 Å². The van der Waals surface area contributed by atoms with Crippen LogP contribution in [0.4, 0.5) is 0 Å². The Kier molecular flexibility index (Phi) is 4.54. The van der Waals surface area contributed by atoms with E-state index < -0.39 is 22.0 Å². The third kappa shape index (κ3) is 3.45. The molecular weight excluding hydrogens is 270 g/mol. The van der Waals surface area contributed by atoms with Gasteiger partial charge in [-0.1, -0.05) is 0 Å². The molecule has 0 heterocycles. The van der Waals surface area contributed by atoms with Gasteiger partial charge in [0.25, 0.3) is 0 Å². The molecule has 2 N–H and O–H groups in total. The molecule has 0 unspecified atom stereocenters. The lowest BCUT2D eigenvalue weighted by Crippen LogP contribution is -2.38. The average molecular weight is 287 g/mol. The number of ether oxygens (including phenoxy) is 1. The van der Waals surface area contributed by atoms with Crippen molar-refractivity contribution < 1.29 is 23.1 Å². The van der Waals surface area contributed by atoms with Gasteiger partial charge in [-0.3, -0.25) is 4.79 Å². The van der Waals surface area contributed by atoms with Crippen molar-refractivity contribution >= 4 is 16.0 Å². The van der Waals surface area contributed by atoms with Crippen molar-refractivity contribution in [3.63, 3.8) is 0 Å². The molecule has 0 fully saturated rings. The normalized spacial score (nSPS) is 13.1. The van der Waals surface area contributed by atoms with Crippen molar-refractivity contribution in [3.8, 4) is 5.75 Å². The Morgan fingerprint density at radius 1 is 1.32 bits per heavy atom. The van der Waals surface area contributed by atoms with Gasteiger partial charge in [-0.2, -0.15) is 4.72 Å². The van der Waals surface area contributed by atoms with Crippen molar-refractivity contribution in [1.82, 2.24) is 4.72 Å². The van der Waals surface area contributed by atoms with Crippen LogP contribution in [0.25, 0.3) is 0 Å². The molecular formula is C12H17NO5S. The quantitative estimate of drug-likeness (QED) is 0.845. The number of aliphatic carboxylic acids is 1. The van der Waals surface area contributed by atoms with Crippen molar-refractivity contribution in [2.75, 3.05) is 7.11 Å². The van der Waals surface area contributed by atoms with Gasteiger partial charge in [0.15, 0.2) is 0 Å². The first kappa shape index (κ1) is 15.5. The van der Waals surface area contributed by atoms with Gasteiger partial charge in [-0.05, 0) is 44.0 Å². The lowest BCUT2D eigenvalue weighted by atomic mass is 10.1. The molecule has 0 bridgehead atoms. The number of carboxylic acids is 1. The van der Waals surface area contributed by atoms with Gasteiger partial charge in [-0.15, -0.1) is 0 Å². The van der Waals surface area contributed by atoms with Gasteiger partial charge in [0.05, 0.1) is 12.0 Å². The molecule has 0 saturated carbocycles. The summed E-state index contributed by atoms with van der Waals surface area (Å²) in [4.78, 5) is 10.7. The van der Waals surface area contributed by atoms with Gasteiger partial charge in [0, 0.05) is 0 Å². The number of carboxylic acid groups (broad SMARTS) is 1. The zero-order valence-corrected chi connectivity index (χ0v) is 12.0. The monoisotopic (exact) mass is 287 g/mol. The number of methoxy groups -OCH3 is 1. The molecule has 7 heteroatoms.